The van der Waals surface area contributed by atoms with Crippen LogP contribution in [0.3, 0.4) is 0 Å². The first-order valence-corrected chi connectivity index (χ1v) is 10.5. The van der Waals surface area contributed by atoms with Gasteiger partial charge in [-0.3, -0.25) is 4.79 Å². The number of benzene rings is 3. The maximum atomic E-state index is 13.2. The number of alkyl halides is 3. The van der Waals surface area contributed by atoms with Crippen molar-refractivity contribution in [2.45, 2.75) is 22.4 Å². The number of carboxylic acids is 1. The van der Waals surface area contributed by atoms with Crippen LogP contribution in [0.2, 0.25) is 5.02 Å². The van der Waals surface area contributed by atoms with Crippen LogP contribution in [-0.2, 0) is 27.2 Å². The SMILES string of the molecule is O=C(O)Cc1cc(Oc2ccc(S(=O)(=O)c3ccccc3)cc2Cl)cc(C(F)(F)F)c1. The van der Waals surface area contributed by atoms with Crippen LogP contribution in [0.4, 0.5) is 13.2 Å². The van der Waals surface area contributed by atoms with E-state index in [0.29, 0.717) is 6.07 Å². The Hall–Kier alpha value is -3.04. The molecule has 0 aliphatic carbocycles. The van der Waals surface area contributed by atoms with Gasteiger partial charge in [0.15, 0.2) is 0 Å². The Morgan fingerprint density at radius 2 is 1.65 bits per heavy atom. The molecule has 1 N–H and O–H groups in total. The third-order valence-electron chi connectivity index (χ3n) is 4.14. The number of rotatable bonds is 6. The van der Waals surface area contributed by atoms with E-state index in [1.165, 1.54) is 24.3 Å². The Balaban J connectivity index is 1.96. The van der Waals surface area contributed by atoms with Gasteiger partial charge < -0.3 is 9.84 Å². The number of carboxylic acid groups (broad SMARTS) is 1. The van der Waals surface area contributed by atoms with Crippen LogP contribution < -0.4 is 4.74 Å². The zero-order chi connectivity index (χ0) is 22.8. The van der Waals surface area contributed by atoms with Gasteiger partial charge in [-0.05, 0) is 54.1 Å². The van der Waals surface area contributed by atoms with E-state index < -0.39 is 34.0 Å². The molecule has 3 rings (SSSR count). The monoisotopic (exact) mass is 470 g/mol. The van der Waals surface area contributed by atoms with Crippen molar-refractivity contribution in [1.29, 1.82) is 0 Å². The molecule has 31 heavy (non-hydrogen) atoms. The summed E-state index contributed by atoms with van der Waals surface area (Å²) in [4.78, 5) is 10.8. The predicted octanol–water partition coefficient (Wildman–Crippen LogP) is 5.61. The lowest BCUT2D eigenvalue weighted by Crippen LogP contribution is -2.08. The molecule has 0 saturated carbocycles. The summed E-state index contributed by atoms with van der Waals surface area (Å²) in [5.41, 5.74) is -1.20. The van der Waals surface area contributed by atoms with E-state index in [9.17, 15) is 26.4 Å². The van der Waals surface area contributed by atoms with E-state index in [-0.39, 0.29) is 31.9 Å². The Morgan fingerprint density at radius 1 is 0.968 bits per heavy atom. The molecule has 3 aromatic rings. The molecule has 10 heteroatoms. The summed E-state index contributed by atoms with van der Waals surface area (Å²) in [6.07, 6.45) is -5.35. The van der Waals surface area contributed by atoms with Crippen molar-refractivity contribution in [1.82, 2.24) is 0 Å². The van der Waals surface area contributed by atoms with E-state index in [1.807, 2.05) is 0 Å². The van der Waals surface area contributed by atoms with Crippen LogP contribution in [0.15, 0.2) is 76.5 Å². The lowest BCUT2D eigenvalue weighted by molar-refractivity contribution is -0.138. The van der Waals surface area contributed by atoms with Gasteiger partial charge in [0.2, 0.25) is 9.84 Å². The molecular weight excluding hydrogens is 457 g/mol. The van der Waals surface area contributed by atoms with Crippen LogP contribution in [0, 0.1) is 0 Å². The minimum atomic E-state index is -4.72. The van der Waals surface area contributed by atoms with Gasteiger partial charge in [-0.25, -0.2) is 8.42 Å². The smallest absolute Gasteiger partial charge is 0.416 e. The molecule has 0 aliphatic rings. The summed E-state index contributed by atoms with van der Waals surface area (Å²) >= 11 is 6.12. The van der Waals surface area contributed by atoms with E-state index in [1.54, 1.807) is 18.2 Å². The summed E-state index contributed by atoms with van der Waals surface area (Å²) in [6.45, 7) is 0. The molecule has 0 radical (unpaired) electrons. The zero-order valence-electron chi connectivity index (χ0n) is 15.6. The second kappa shape index (κ2) is 8.60. The van der Waals surface area contributed by atoms with Crippen molar-refractivity contribution in [2.75, 3.05) is 0 Å². The lowest BCUT2D eigenvalue weighted by atomic mass is 10.1. The van der Waals surface area contributed by atoms with Crippen molar-refractivity contribution < 1.29 is 36.2 Å². The highest BCUT2D eigenvalue weighted by Gasteiger charge is 2.32. The summed E-state index contributed by atoms with van der Waals surface area (Å²) in [5, 5.41) is 8.74. The van der Waals surface area contributed by atoms with E-state index in [0.717, 1.165) is 18.2 Å². The standard InChI is InChI=1S/C21H14ClF3O5S/c22-18-12-17(31(28,29)16-4-2-1-3-5-16)6-7-19(18)30-15-9-13(10-20(26)27)8-14(11-15)21(23,24)25/h1-9,11-12H,10H2,(H,26,27). The Morgan fingerprint density at radius 3 is 2.23 bits per heavy atom. The molecule has 162 valence electrons. The van der Waals surface area contributed by atoms with Crippen LogP contribution in [0.5, 0.6) is 11.5 Å². The number of ether oxygens (including phenoxy) is 1. The Bertz CT molecular complexity index is 1230. The summed E-state index contributed by atoms with van der Waals surface area (Å²) in [5.74, 6) is -1.68. The molecule has 0 bridgehead atoms. The Labute approximate surface area is 180 Å². The van der Waals surface area contributed by atoms with Gasteiger partial charge in [0, 0.05) is 0 Å². The van der Waals surface area contributed by atoms with E-state index >= 15 is 0 Å². The van der Waals surface area contributed by atoms with Gasteiger partial charge in [-0.15, -0.1) is 0 Å². The van der Waals surface area contributed by atoms with Gasteiger partial charge >= 0.3 is 12.1 Å². The lowest BCUT2D eigenvalue weighted by Gasteiger charge is -2.14. The third-order valence-corrected chi connectivity index (χ3v) is 6.21. The first-order chi connectivity index (χ1) is 14.5. The molecular formula is C21H14ClF3O5S. The fourth-order valence-corrected chi connectivity index (χ4v) is 4.35. The van der Waals surface area contributed by atoms with Crippen LogP contribution in [-0.4, -0.2) is 19.5 Å². The van der Waals surface area contributed by atoms with Gasteiger partial charge in [0.05, 0.1) is 26.8 Å². The van der Waals surface area contributed by atoms with Crippen molar-refractivity contribution >= 4 is 27.4 Å². The fraction of sp³-hybridized carbons (Fsp3) is 0.0952. The molecule has 0 aromatic heterocycles. The topological polar surface area (TPSA) is 80.7 Å². The van der Waals surface area contributed by atoms with E-state index in [4.69, 9.17) is 21.4 Å². The van der Waals surface area contributed by atoms with Gasteiger partial charge in [0.25, 0.3) is 0 Å². The second-order valence-electron chi connectivity index (χ2n) is 6.44. The van der Waals surface area contributed by atoms with Crippen molar-refractivity contribution in [3.05, 3.63) is 82.9 Å². The molecule has 0 saturated heterocycles. The second-order valence-corrected chi connectivity index (χ2v) is 8.80. The Kier molecular flexibility index (Phi) is 6.28. The normalized spacial score (nSPS) is 11.9. The minimum absolute atomic E-state index is 0.0518. The first-order valence-electron chi connectivity index (χ1n) is 8.67. The highest BCUT2D eigenvalue weighted by molar-refractivity contribution is 7.91. The molecule has 0 aliphatic heterocycles. The highest BCUT2D eigenvalue weighted by Crippen LogP contribution is 2.37. The summed E-state index contributed by atoms with van der Waals surface area (Å²) in [7, 11) is -3.85. The minimum Gasteiger partial charge on any atom is -0.481 e. The number of aliphatic carboxylic acids is 1. The maximum Gasteiger partial charge on any atom is 0.416 e. The van der Waals surface area contributed by atoms with Crippen LogP contribution in [0.1, 0.15) is 11.1 Å². The molecule has 0 spiro atoms. The van der Waals surface area contributed by atoms with E-state index in [2.05, 4.69) is 0 Å². The van der Waals surface area contributed by atoms with Crippen molar-refractivity contribution in [3.63, 3.8) is 0 Å². The predicted molar refractivity (Wildman–Crippen MR) is 106 cm³/mol. The zero-order valence-corrected chi connectivity index (χ0v) is 17.1. The number of hydrogen-bond donors (Lipinski definition) is 1. The highest BCUT2D eigenvalue weighted by atomic mass is 35.5. The average molecular weight is 471 g/mol. The van der Waals surface area contributed by atoms with Crippen molar-refractivity contribution in [3.8, 4) is 11.5 Å². The number of halogens is 4. The quantitative estimate of drug-likeness (QED) is 0.506. The van der Waals surface area contributed by atoms with Gasteiger partial charge in [0.1, 0.15) is 11.5 Å². The maximum absolute atomic E-state index is 13.2. The molecule has 3 aromatic carbocycles. The fourth-order valence-electron chi connectivity index (χ4n) is 2.75. The first kappa shape index (κ1) is 22.6. The van der Waals surface area contributed by atoms with Gasteiger partial charge in [-0.2, -0.15) is 13.2 Å². The summed E-state index contributed by atoms with van der Waals surface area (Å²) < 4.78 is 70.2. The molecule has 5 nitrogen and oxygen atoms in total. The molecule has 0 fully saturated rings. The van der Waals surface area contributed by atoms with Gasteiger partial charge in [-0.1, -0.05) is 29.8 Å². The largest absolute Gasteiger partial charge is 0.481 e. The molecule has 0 unspecified atom stereocenters. The van der Waals surface area contributed by atoms with Crippen LogP contribution in [0.25, 0.3) is 0 Å². The summed E-state index contributed by atoms with van der Waals surface area (Å²) in [6, 6.07) is 13.8. The molecule has 0 heterocycles. The molecule has 0 amide bonds. The van der Waals surface area contributed by atoms with Crippen molar-refractivity contribution in [2.24, 2.45) is 0 Å². The average Bonchev–Trinajstić information content (AvgIpc) is 2.69. The van der Waals surface area contributed by atoms with Crippen LogP contribution >= 0.6 is 11.6 Å². The third kappa shape index (κ3) is 5.36. The molecule has 0 atom stereocenters. The number of hydrogen-bond acceptors (Lipinski definition) is 4. The number of carbonyl (C=O) groups is 1. The number of sulfone groups is 1.